The molecule has 0 bridgehead atoms. The Hall–Kier alpha value is -2.51. The van der Waals surface area contributed by atoms with Gasteiger partial charge in [0, 0.05) is 30.9 Å². The third kappa shape index (κ3) is 7.29. The maximum Gasteiger partial charge on any atom is 0.234 e. The molecule has 0 aliphatic carbocycles. The second-order valence-electron chi connectivity index (χ2n) is 7.63. The van der Waals surface area contributed by atoms with Crippen molar-refractivity contribution in [3.63, 3.8) is 0 Å². The van der Waals surface area contributed by atoms with Crippen LogP contribution in [-0.2, 0) is 20.9 Å². The molecule has 1 N–H and O–H groups in total. The molecule has 3 rings (SSSR count). The minimum absolute atomic E-state index is 0.00505. The largest absolute Gasteiger partial charge is 0.496 e. The first-order valence-corrected chi connectivity index (χ1v) is 11.7. The maximum atomic E-state index is 13.0. The van der Waals surface area contributed by atoms with Crippen LogP contribution in [0.4, 0.5) is 5.69 Å². The number of hydrogen-bond donors (Lipinski definition) is 1. The lowest BCUT2D eigenvalue weighted by molar-refractivity contribution is -0.130. The normalized spacial score (nSPS) is 15.5. The highest BCUT2D eigenvalue weighted by atomic mass is 32.2. The number of carbonyl (C=O) groups excluding carboxylic acids is 2. The van der Waals surface area contributed by atoms with E-state index in [0.29, 0.717) is 13.1 Å². The fraction of sp³-hybridized carbons (Fsp3) is 0.417. The van der Waals surface area contributed by atoms with Crippen LogP contribution in [0.1, 0.15) is 24.0 Å². The molecule has 1 fully saturated rings. The monoisotopic (exact) mass is 442 g/mol. The highest BCUT2D eigenvalue weighted by molar-refractivity contribution is 8.00. The molecule has 7 heteroatoms. The van der Waals surface area contributed by atoms with Gasteiger partial charge in [0.15, 0.2) is 0 Å². The number of carbonyl (C=O) groups is 2. The molecule has 0 radical (unpaired) electrons. The zero-order valence-electron chi connectivity index (χ0n) is 18.1. The minimum Gasteiger partial charge on any atom is -0.496 e. The number of thioether (sulfide) groups is 1. The molecule has 1 atom stereocenters. The van der Waals surface area contributed by atoms with Gasteiger partial charge in [-0.25, -0.2) is 0 Å². The molecule has 6 nitrogen and oxygen atoms in total. The van der Waals surface area contributed by atoms with E-state index in [-0.39, 0.29) is 29.4 Å². The number of aryl methyl sites for hydroxylation is 1. The van der Waals surface area contributed by atoms with Crippen LogP contribution in [0.5, 0.6) is 5.75 Å². The van der Waals surface area contributed by atoms with Gasteiger partial charge in [0.2, 0.25) is 11.8 Å². The Morgan fingerprint density at radius 3 is 2.65 bits per heavy atom. The van der Waals surface area contributed by atoms with Crippen LogP contribution in [0.3, 0.4) is 0 Å². The van der Waals surface area contributed by atoms with Crippen molar-refractivity contribution in [2.75, 3.05) is 37.1 Å². The summed E-state index contributed by atoms with van der Waals surface area (Å²) >= 11 is 1.32. The number of amides is 2. The molecule has 0 aromatic heterocycles. The molecule has 2 aromatic carbocycles. The van der Waals surface area contributed by atoms with Crippen LogP contribution in [0.2, 0.25) is 0 Å². The number of methoxy groups -OCH3 is 1. The van der Waals surface area contributed by atoms with Crippen LogP contribution in [0.15, 0.2) is 48.5 Å². The number of para-hydroxylation sites is 1. The van der Waals surface area contributed by atoms with E-state index in [1.807, 2.05) is 60.4 Å². The molecule has 166 valence electrons. The smallest absolute Gasteiger partial charge is 0.234 e. The summed E-state index contributed by atoms with van der Waals surface area (Å²) in [6.45, 7) is 3.75. The van der Waals surface area contributed by atoms with Crippen LogP contribution in [0, 0.1) is 6.92 Å². The maximum absolute atomic E-state index is 13.0. The van der Waals surface area contributed by atoms with Crippen molar-refractivity contribution in [1.82, 2.24) is 4.90 Å². The molecule has 31 heavy (non-hydrogen) atoms. The van der Waals surface area contributed by atoms with E-state index >= 15 is 0 Å². The summed E-state index contributed by atoms with van der Waals surface area (Å²) in [6, 6.07) is 15.4. The van der Waals surface area contributed by atoms with Gasteiger partial charge in [-0.2, -0.15) is 0 Å². The minimum atomic E-state index is -0.114. The standard InChI is InChI=1S/C24H30N2O4S/c1-18-9-11-20(12-10-18)25-23(27)16-31-17-24(28)26(15-21-7-5-13-30-21)14-19-6-3-4-8-22(19)29-2/h3-4,6,8-12,21H,5,7,13-17H2,1-2H3,(H,25,27). The molecule has 0 saturated carbocycles. The Kier molecular flexibility index (Phi) is 8.79. The average molecular weight is 443 g/mol. The quantitative estimate of drug-likeness (QED) is 0.605. The highest BCUT2D eigenvalue weighted by Gasteiger charge is 2.23. The first kappa shape index (κ1) is 23.2. The van der Waals surface area contributed by atoms with E-state index in [0.717, 1.165) is 42.0 Å². The first-order valence-electron chi connectivity index (χ1n) is 10.5. The van der Waals surface area contributed by atoms with Crippen LogP contribution >= 0.6 is 11.8 Å². The van der Waals surface area contributed by atoms with Crippen LogP contribution in [-0.4, -0.2) is 54.6 Å². The number of rotatable bonds is 10. The fourth-order valence-corrected chi connectivity index (χ4v) is 4.20. The average Bonchev–Trinajstić information content (AvgIpc) is 3.28. The molecule has 1 heterocycles. The Bertz CT molecular complexity index is 866. The summed E-state index contributed by atoms with van der Waals surface area (Å²) in [4.78, 5) is 27.0. The number of hydrogen-bond acceptors (Lipinski definition) is 5. The third-order valence-electron chi connectivity index (χ3n) is 5.15. The van der Waals surface area contributed by atoms with Gasteiger partial charge in [-0.3, -0.25) is 9.59 Å². The SMILES string of the molecule is COc1ccccc1CN(CC1CCCO1)C(=O)CSCC(=O)Nc1ccc(C)cc1. The molecule has 2 aromatic rings. The van der Waals surface area contributed by atoms with Gasteiger partial charge in [-0.05, 0) is 38.0 Å². The van der Waals surface area contributed by atoms with Crippen molar-refractivity contribution < 1.29 is 19.1 Å². The predicted molar refractivity (Wildman–Crippen MR) is 125 cm³/mol. The van der Waals surface area contributed by atoms with Crippen molar-refractivity contribution >= 4 is 29.3 Å². The van der Waals surface area contributed by atoms with E-state index < -0.39 is 0 Å². The Balaban J connectivity index is 1.54. The lowest BCUT2D eigenvalue weighted by atomic mass is 10.1. The van der Waals surface area contributed by atoms with Gasteiger partial charge < -0.3 is 19.7 Å². The molecule has 1 saturated heterocycles. The fourth-order valence-electron chi connectivity index (χ4n) is 3.48. The van der Waals surface area contributed by atoms with Crippen LogP contribution in [0.25, 0.3) is 0 Å². The Labute approximate surface area is 188 Å². The van der Waals surface area contributed by atoms with Crippen molar-refractivity contribution in [2.45, 2.75) is 32.4 Å². The van der Waals surface area contributed by atoms with Gasteiger partial charge in [0.05, 0.1) is 24.7 Å². The lowest BCUT2D eigenvalue weighted by Crippen LogP contribution is -2.38. The van der Waals surface area contributed by atoms with E-state index in [9.17, 15) is 9.59 Å². The Morgan fingerprint density at radius 1 is 1.16 bits per heavy atom. The summed E-state index contributed by atoms with van der Waals surface area (Å²) in [6.07, 6.45) is 2.05. The number of ether oxygens (including phenoxy) is 2. The van der Waals surface area contributed by atoms with Gasteiger partial charge in [-0.1, -0.05) is 35.9 Å². The Morgan fingerprint density at radius 2 is 1.94 bits per heavy atom. The van der Waals surface area contributed by atoms with E-state index in [4.69, 9.17) is 9.47 Å². The molecule has 1 aliphatic heterocycles. The molecular weight excluding hydrogens is 412 g/mol. The zero-order valence-corrected chi connectivity index (χ0v) is 19.0. The molecule has 1 unspecified atom stereocenters. The van der Waals surface area contributed by atoms with Crippen molar-refractivity contribution in [2.24, 2.45) is 0 Å². The summed E-state index contributed by atoms with van der Waals surface area (Å²) in [5.74, 6) is 1.11. The lowest BCUT2D eigenvalue weighted by Gasteiger charge is -2.26. The van der Waals surface area contributed by atoms with Crippen molar-refractivity contribution in [3.05, 3.63) is 59.7 Å². The second-order valence-corrected chi connectivity index (χ2v) is 8.61. The van der Waals surface area contributed by atoms with E-state index in [2.05, 4.69) is 5.32 Å². The summed E-state index contributed by atoms with van der Waals surface area (Å²) in [7, 11) is 1.63. The highest BCUT2D eigenvalue weighted by Crippen LogP contribution is 2.22. The summed E-state index contributed by atoms with van der Waals surface area (Å²) < 4.78 is 11.2. The van der Waals surface area contributed by atoms with Crippen molar-refractivity contribution in [3.8, 4) is 5.75 Å². The second kappa shape index (κ2) is 11.8. The van der Waals surface area contributed by atoms with Crippen LogP contribution < -0.4 is 10.1 Å². The number of anilines is 1. The first-order chi connectivity index (χ1) is 15.0. The van der Waals surface area contributed by atoms with Gasteiger partial charge in [-0.15, -0.1) is 11.8 Å². The third-order valence-corrected chi connectivity index (χ3v) is 6.07. The van der Waals surface area contributed by atoms with Crippen molar-refractivity contribution in [1.29, 1.82) is 0 Å². The number of benzene rings is 2. The van der Waals surface area contributed by atoms with Gasteiger partial charge >= 0.3 is 0 Å². The van der Waals surface area contributed by atoms with Gasteiger partial charge in [0.25, 0.3) is 0 Å². The molecular formula is C24H30N2O4S. The molecule has 1 aliphatic rings. The predicted octanol–water partition coefficient (Wildman–Crippen LogP) is 3.88. The zero-order chi connectivity index (χ0) is 22.1. The molecule has 2 amide bonds. The molecule has 0 spiro atoms. The van der Waals surface area contributed by atoms with E-state index in [1.165, 1.54) is 11.8 Å². The summed E-state index contributed by atoms with van der Waals surface area (Å²) in [5, 5.41) is 2.86. The number of nitrogens with one attached hydrogen (secondary N) is 1. The van der Waals surface area contributed by atoms with E-state index in [1.54, 1.807) is 7.11 Å². The topological polar surface area (TPSA) is 67.9 Å². The number of nitrogens with zero attached hydrogens (tertiary/aromatic N) is 1. The van der Waals surface area contributed by atoms with Gasteiger partial charge in [0.1, 0.15) is 5.75 Å². The summed E-state index contributed by atoms with van der Waals surface area (Å²) in [5.41, 5.74) is 2.86.